The maximum atomic E-state index is 5.15. The van der Waals surface area contributed by atoms with Gasteiger partial charge in [-0.3, -0.25) is 0 Å². The van der Waals surface area contributed by atoms with Gasteiger partial charge in [0, 0.05) is 22.7 Å². The van der Waals surface area contributed by atoms with Gasteiger partial charge in [0.2, 0.25) is 0 Å². The summed E-state index contributed by atoms with van der Waals surface area (Å²) < 4.78 is 0. The number of aryl methyl sites for hydroxylation is 2. The van der Waals surface area contributed by atoms with Crippen molar-refractivity contribution >= 4 is 39.1 Å². The summed E-state index contributed by atoms with van der Waals surface area (Å²) in [6, 6.07) is 10.6. The van der Waals surface area contributed by atoms with Gasteiger partial charge in [-0.1, -0.05) is 18.2 Å². The molecule has 1 unspecified atom stereocenters. The van der Waals surface area contributed by atoms with E-state index in [1.165, 1.54) is 59.7 Å². The summed E-state index contributed by atoms with van der Waals surface area (Å²) >= 11 is 3.74. The number of fused-ring (bicyclic) bond motifs is 3. The Bertz CT molecular complexity index is 970. The summed E-state index contributed by atoms with van der Waals surface area (Å²) in [6.07, 6.45) is 4.94. The van der Waals surface area contributed by atoms with Crippen LogP contribution in [0.25, 0.3) is 10.2 Å². The highest BCUT2D eigenvalue weighted by Gasteiger charge is 2.26. The van der Waals surface area contributed by atoms with E-state index >= 15 is 0 Å². The molecule has 2 aliphatic rings. The van der Waals surface area contributed by atoms with Crippen molar-refractivity contribution in [3.8, 4) is 0 Å². The van der Waals surface area contributed by atoms with Crippen LogP contribution in [0, 0.1) is 0 Å². The van der Waals surface area contributed by atoms with Crippen LogP contribution in [0.3, 0.4) is 0 Å². The van der Waals surface area contributed by atoms with E-state index < -0.39 is 0 Å². The number of hydrogen-bond acceptors (Lipinski definition) is 5. The summed E-state index contributed by atoms with van der Waals surface area (Å²) in [7, 11) is 2.31. The monoisotopic (exact) mass is 411 g/mol. The van der Waals surface area contributed by atoms with E-state index in [0.29, 0.717) is 0 Å². The summed E-state index contributed by atoms with van der Waals surface area (Å²) in [6.45, 7) is 4.64. The smallest absolute Gasteiger partial charge is 0.142 e. The second-order valence-electron chi connectivity index (χ2n) is 7.90. The van der Waals surface area contributed by atoms with E-state index in [0.717, 1.165) is 24.7 Å². The zero-order valence-corrected chi connectivity index (χ0v) is 18.0. The molecule has 0 saturated carbocycles. The fourth-order valence-corrected chi connectivity index (χ4v) is 6.37. The quantitative estimate of drug-likeness (QED) is 0.669. The van der Waals surface area contributed by atoms with Crippen LogP contribution in [0.15, 0.2) is 35.2 Å². The van der Waals surface area contributed by atoms with Crippen molar-refractivity contribution in [1.29, 1.82) is 0 Å². The third kappa shape index (κ3) is 3.65. The number of nitrogens with one attached hydrogen (secondary N) is 1. The van der Waals surface area contributed by atoms with Gasteiger partial charge in [-0.15, -0.1) is 23.1 Å². The molecule has 0 amide bonds. The van der Waals surface area contributed by atoms with Gasteiger partial charge in [0.25, 0.3) is 0 Å². The third-order valence-electron chi connectivity index (χ3n) is 5.84. The number of aromatic nitrogens is 2. The van der Waals surface area contributed by atoms with E-state index in [2.05, 4.69) is 42.3 Å². The molecule has 1 fully saturated rings. The average molecular weight is 412 g/mol. The Labute approximate surface area is 175 Å². The Hall–Kier alpha value is -1.63. The number of benzene rings is 1. The number of anilines is 1. The fraction of sp³-hybridized carbons (Fsp3) is 0.455. The SMILES string of the molecule is C[NH+]1CCCN(c2nc(CSc3ccccc3)nc3sc4c(c23)CCC4)CC1. The molecule has 2 aromatic heterocycles. The second kappa shape index (κ2) is 8.01. The van der Waals surface area contributed by atoms with Gasteiger partial charge >= 0.3 is 0 Å². The number of thioether (sulfide) groups is 1. The Morgan fingerprint density at radius 1 is 1.07 bits per heavy atom. The molecule has 0 bridgehead atoms. The van der Waals surface area contributed by atoms with Gasteiger partial charge in [-0.05, 0) is 37.0 Å². The predicted molar refractivity (Wildman–Crippen MR) is 119 cm³/mol. The molecule has 1 aliphatic carbocycles. The lowest BCUT2D eigenvalue weighted by Gasteiger charge is -2.22. The molecule has 1 saturated heterocycles. The summed E-state index contributed by atoms with van der Waals surface area (Å²) in [5.74, 6) is 3.01. The largest absolute Gasteiger partial charge is 0.350 e. The fourth-order valence-electron chi connectivity index (χ4n) is 4.32. The van der Waals surface area contributed by atoms with Crippen molar-refractivity contribution in [2.45, 2.75) is 36.3 Å². The van der Waals surface area contributed by atoms with E-state index in [1.54, 1.807) is 15.3 Å². The van der Waals surface area contributed by atoms with Crippen molar-refractivity contribution in [3.63, 3.8) is 0 Å². The molecular formula is C22H27N4S2+. The first kappa shape index (κ1) is 18.4. The van der Waals surface area contributed by atoms with Gasteiger partial charge in [0.1, 0.15) is 16.5 Å². The first-order valence-corrected chi connectivity index (χ1v) is 12.1. The lowest BCUT2D eigenvalue weighted by molar-refractivity contribution is -0.876. The molecule has 3 aromatic rings. The number of thiophene rings is 1. The van der Waals surface area contributed by atoms with Crippen LogP contribution in [0.2, 0.25) is 0 Å². The third-order valence-corrected chi connectivity index (χ3v) is 8.04. The van der Waals surface area contributed by atoms with E-state index in [-0.39, 0.29) is 0 Å². The van der Waals surface area contributed by atoms with Crippen molar-refractivity contribution < 1.29 is 4.90 Å². The van der Waals surface area contributed by atoms with Crippen LogP contribution in [-0.2, 0) is 18.6 Å². The highest BCUT2D eigenvalue weighted by molar-refractivity contribution is 7.98. The minimum atomic E-state index is 0.828. The first-order chi connectivity index (χ1) is 13.8. The summed E-state index contributed by atoms with van der Waals surface area (Å²) in [5, 5.41) is 1.37. The van der Waals surface area contributed by atoms with Crippen molar-refractivity contribution in [3.05, 3.63) is 46.6 Å². The lowest BCUT2D eigenvalue weighted by Crippen LogP contribution is -3.09. The van der Waals surface area contributed by atoms with Crippen LogP contribution < -0.4 is 9.80 Å². The molecule has 6 heteroatoms. The van der Waals surface area contributed by atoms with E-state index in [1.807, 2.05) is 23.1 Å². The number of quaternary nitrogens is 1. The number of likely N-dealkylation sites (N-methyl/N-ethyl adjacent to an activating group) is 1. The van der Waals surface area contributed by atoms with Gasteiger partial charge in [-0.2, -0.15) is 0 Å². The van der Waals surface area contributed by atoms with Gasteiger partial charge in [-0.25, -0.2) is 9.97 Å². The molecule has 3 heterocycles. The molecule has 0 spiro atoms. The Balaban J connectivity index is 1.51. The normalized spacial score (nSPS) is 19.8. The van der Waals surface area contributed by atoms with E-state index in [9.17, 15) is 0 Å². The number of nitrogens with zero attached hydrogens (tertiary/aromatic N) is 3. The molecule has 1 aromatic carbocycles. The maximum Gasteiger partial charge on any atom is 0.142 e. The molecule has 4 nitrogen and oxygen atoms in total. The van der Waals surface area contributed by atoms with Crippen molar-refractivity contribution in [1.82, 2.24) is 9.97 Å². The molecule has 1 N–H and O–H groups in total. The minimum Gasteiger partial charge on any atom is -0.350 e. The van der Waals surface area contributed by atoms with Crippen LogP contribution >= 0.6 is 23.1 Å². The highest BCUT2D eigenvalue weighted by Crippen LogP contribution is 2.41. The molecule has 1 aliphatic heterocycles. The summed E-state index contributed by atoms with van der Waals surface area (Å²) in [5.41, 5.74) is 1.54. The topological polar surface area (TPSA) is 33.5 Å². The van der Waals surface area contributed by atoms with Crippen LogP contribution in [0.1, 0.15) is 29.1 Å². The Morgan fingerprint density at radius 3 is 2.86 bits per heavy atom. The lowest BCUT2D eigenvalue weighted by atomic mass is 10.1. The molecule has 28 heavy (non-hydrogen) atoms. The van der Waals surface area contributed by atoms with Crippen molar-refractivity contribution in [2.75, 3.05) is 38.1 Å². The second-order valence-corrected chi connectivity index (χ2v) is 10.0. The molecular weight excluding hydrogens is 384 g/mol. The molecule has 5 rings (SSSR count). The van der Waals surface area contributed by atoms with Crippen LogP contribution in [0.4, 0.5) is 5.82 Å². The highest BCUT2D eigenvalue weighted by atomic mass is 32.2. The summed E-state index contributed by atoms with van der Waals surface area (Å²) in [4.78, 5) is 18.4. The zero-order chi connectivity index (χ0) is 18.9. The van der Waals surface area contributed by atoms with Crippen LogP contribution in [-0.4, -0.2) is 43.2 Å². The molecule has 1 atom stereocenters. The number of rotatable bonds is 4. The zero-order valence-electron chi connectivity index (χ0n) is 16.4. The molecule has 146 valence electrons. The van der Waals surface area contributed by atoms with Crippen molar-refractivity contribution in [2.24, 2.45) is 0 Å². The molecule has 0 radical (unpaired) electrons. The Morgan fingerprint density at radius 2 is 1.96 bits per heavy atom. The maximum absolute atomic E-state index is 5.15. The van der Waals surface area contributed by atoms with Gasteiger partial charge in [0.05, 0.1) is 37.8 Å². The van der Waals surface area contributed by atoms with Gasteiger partial charge < -0.3 is 9.80 Å². The first-order valence-electron chi connectivity index (χ1n) is 10.3. The average Bonchev–Trinajstić information content (AvgIpc) is 3.23. The van der Waals surface area contributed by atoms with E-state index in [4.69, 9.17) is 9.97 Å². The van der Waals surface area contributed by atoms with Gasteiger partial charge in [0.15, 0.2) is 0 Å². The number of hydrogen-bond donors (Lipinski definition) is 1. The predicted octanol–water partition coefficient (Wildman–Crippen LogP) is 3.20. The standard InChI is InChI=1S/C22H26N4S2/c1-25-11-6-12-26(14-13-25)21-20-17-9-5-10-18(17)28-22(20)24-19(23-21)15-27-16-7-3-2-4-8-16/h2-4,7-8H,5-6,9-15H2,1H3/p+1. The Kier molecular flexibility index (Phi) is 5.26. The minimum absolute atomic E-state index is 0.828. The van der Waals surface area contributed by atoms with Crippen LogP contribution in [0.5, 0.6) is 0 Å².